The van der Waals surface area contributed by atoms with Gasteiger partial charge < -0.3 is 9.64 Å². The summed E-state index contributed by atoms with van der Waals surface area (Å²) in [4.78, 5) is 13.9. The molecular weight excluding hydrogens is 262 g/mol. The molecule has 3 rings (SSSR count). The van der Waals surface area contributed by atoms with E-state index < -0.39 is 0 Å². The van der Waals surface area contributed by atoms with E-state index >= 15 is 0 Å². The van der Waals surface area contributed by atoms with Crippen molar-refractivity contribution in [1.29, 1.82) is 0 Å². The maximum absolute atomic E-state index is 12.0. The molecule has 0 N–H and O–H groups in total. The minimum atomic E-state index is 0.261. The summed E-state index contributed by atoms with van der Waals surface area (Å²) in [7, 11) is 1.67. The summed E-state index contributed by atoms with van der Waals surface area (Å²) in [5.41, 5.74) is 1.35. The predicted octanol–water partition coefficient (Wildman–Crippen LogP) is 2.88. The van der Waals surface area contributed by atoms with Crippen LogP contribution in [0, 0.1) is 5.92 Å². The van der Waals surface area contributed by atoms with E-state index in [0.717, 1.165) is 13.0 Å². The third kappa shape index (κ3) is 3.08. The number of ether oxygens (including phenoxy) is 1. The second kappa shape index (κ2) is 6.27. The smallest absolute Gasteiger partial charge is 0.223 e. The molecule has 0 bridgehead atoms. The predicted molar refractivity (Wildman–Crippen MR) is 84.2 cm³/mol. The van der Waals surface area contributed by atoms with Crippen LogP contribution in [0.4, 0.5) is 0 Å². The summed E-state index contributed by atoms with van der Waals surface area (Å²) >= 11 is 0. The van der Waals surface area contributed by atoms with Crippen molar-refractivity contribution in [2.24, 2.45) is 5.92 Å². The lowest BCUT2D eigenvalue weighted by Crippen LogP contribution is -2.28. The van der Waals surface area contributed by atoms with Crippen LogP contribution in [0.25, 0.3) is 10.8 Å². The minimum Gasteiger partial charge on any atom is -0.383 e. The number of nitrogens with zero attached hydrogens (tertiary/aromatic N) is 1. The Labute approximate surface area is 125 Å². The van der Waals surface area contributed by atoms with Crippen LogP contribution < -0.4 is 0 Å². The Morgan fingerprint density at radius 3 is 2.86 bits per heavy atom. The topological polar surface area (TPSA) is 29.5 Å². The first-order valence-corrected chi connectivity index (χ1v) is 7.51. The van der Waals surface area contributed by atoms with Gasteiger partial charge in [-0.05, 0) is 28.7 Å². The van der Waals surface area contributed by atoms with Crippen LogP contribution >= 0.6 is 0 Å². The van der Waals surface area contributed by atoms with Gasteiger partial charge in [-0.3, -0.25) is 4.79 Å². The molecule has 0 radical (unpaired) electrons. The summed E-state index contributed by atoms with van der Waals surface area (Å²) < 4.78 is 5.07. The molecule has 1 aliphatic rings. The van der Waals surface area contributed by atoms with Crippen LogP contribution in [0.3, 0.4) is 0 Å². The first-order chi connectivity index (χ1) is 10.3. The Kier molecular flexibility index (Phi) is 4.20. The molecule has 0 unspecified atom stereocenters. The molecule has 3 nitrogen and oxygen atoms in total. The van der Waals surface area contributed by atoms with Gasteiger partial charge in [0.15, 0.2) is 0 Å². The summed E-state index contributed by atoms with van der Waals surface area (Å²) in [6.45, 7) is 2.18. The van der Waals surface area contributed by atoms with Crippen LogP contribution in [0.1, 0.15) is 12.0 Å². The van der Waals surface area contributed by atoms with E-state index in [2.05, 4.69) is 42.5 Å². The summed E-state index contributed by atoms with van der Waals surface area (Å²) in [5.74, 6) is 0.678. The zero-order valence-corrected chi connectivity index (χ0v) is 12.4. The lowest BCUT2D eigenvalue weighted by Gasteiger charge is -2.16. The number of likely N-dealkylation sites (tertiary alicyclic amines) is 1. The van der Waals surface area contributed by atoms with Gasteiger partial charge in [-0.25, -0.2) is 0 Å². The van der Waals surface area contributed by atoms with Crippen LogP contribution in [-0.4, -0.2) is 37.6 Å². The van der Waals surface area contributed by atoms with Crippen molar-refractivity contribution < 1.29 is 9.53 Å². The monoisotopic (exact) mass is 283 g/mol. The highest BCUT2D eigenvalue weighted by Gasteiger charge is 2.29. The van der Waals surface area contributed by atoms with E-state index in [1.54, 1.807) is 7.11 Å². The third-order valence-electron chi connectivity index (χ3n) is 4.25. The number of carbonyl (C=O) groups is 1. The van der Waals surface area contributed by atoms with E-state index in [4.69, 9.17) is 4.74 Å². The molecule has 21 heavy (non-hydrogen) atoms. The Balaban J connectivity index is 1.73. The molecule has 1 saturated heterocycles. The van der Waals surface area contributed by atoms with E-state index in [9.17, 15) is 4.79 Å². The van der Waals surface area contributed by atoms with Gasteiger partial charge in [0.1, 0.15) is 0 Å². The number of hydrogen-bond donors (Lipinski definition) is 0. The molecule has 1 atom stereocenters. The molecular formula is C18H21NO2. The molecule has 1 aliphatic heterocycles. The zero-order chi connectivity index (χ0) is 14.7. The number of methoxy groups -OCH3 is 1. The van der Waals surface area contributed by atoms with Gasteiger partial charge >= 0.3 is 0 Å². The largest absolute Gasteiger partial charge is 0.383 e. The molecule has 0 aromatic heterocycles. The van der Waals surface area contributed by atoms with Crippen LogP contribution in [0.5, 0.6) is 0 Å². The fourth-order valence-corrected chi connectivity index (χ4v) is 3.19. The first-order valence-electron chi connectivity index (χ1n) is 7.51. The molecule has 1 fully saturated rings. The lowest BCUT2D eigenvalue weighted by atomic mass is 9.94. The summed E-state index contributed by atoms with van der Waals surface area (Å²) in [5, 5.41) is 2.58. The maximum Gasteiger partial charge on any atom is 0.223 e. The molecule has 1 heterocycles. The van der Waals surface area contributed by atoms with Gasteiger partial charge in [0.25, 0.3) is 0 Å². The highest BCUT2D eigenvalue weighted by molar-refractivity contribution is 5.86. The number of carbonyl (C=O) groups excluding carboxylic acids is 1. The van der Waals surface area contributed by atoms with Crippen molar-refractivity contribution in [3.63, 3.8) is 0 Å². The average Bonchev–Trinajstić information content (AvgIpc) is 2.85. The van der Waals surface area contributed by atoms with Crippen molar-refractivity contribution >= 4 is 16.7 Å². The van der Waals surface area contributed by atoms with E-state index in [0.29, 0.717) is 25.5 Å². The molecule has 2 aromatic rings. The van der Waals surface area contributed by atoms with Gasteiger partial charge in [-0.15, -0.1) is 0 Å². The van der Waals surface area contributed by atoms with Gasteiger partial charge in [0.2, 0.25) is 5.91 Å². The van der Waals surface area contributed by atoms with Gasteiger partial charge in [0.05, 0.1) is 6.61 Å². The number of rotatable bonds is 5. The van der Waals surface area contributed by atoms with Crippen LogP contribution in [0.2, 0.25) is 0 Å². The number of benzene rings is 2. The Bertz CT molecular complexity index is 633. The average molecular weight is 283 g/mol. The fraction of sp³-hybridized carbons (Fsp3) is 0.389. The minimum absolute atomic E-state index is 0.261. The number of hydrogen-bond acceptors (Lipinski definition) is 2. The van der Waals surface area contributed by atoms with Crippen molar-refractivity contribution in [2.75, 3.05) is 26.8 Å². The molecule has 0 aliphatic carbocycles. The Hall–Kier alpha value is -1.87. The lowest BCUT2D eigenvalue weighted by molar-refractivity contribution is -0.128. The summed E-state index contributed by atoms with van der Waals surface area (Å²) in [6.07, 6.45) is 1.63. The van der Waals surface area contributed by atoms with Gasteiger partial charge in [-0.1, -0.05) is 42.5 Å². The van der Waals surface area contributed by atoms with Gasteiger partial charge in [-0.2, -0.15) is 0 Å². The standard InChI is InChI=1S/C18H21NO2/c1-21-10-9-19-13-14(12-18(19)20)11-16-7-4-6-15-5-2-3-8-17(15)16/h2-8,14H,9-13H2,1H3/t14-/m1/s1. The first kappa shape index (κ1) is 14.1. The quantitative estimate of drug-likeness (QED) is 0.844. The molecule has 0 saturated carbocycles. The third-order valence-corrected chi connectivity index (χ3v) is 4.25. The van der Waals surface area contributed by atoms with Crippen molar-refractivity contribution in [2.45, 2.75) is 12.8 Å². The van der Waals surface area contributed by atoms with E-state index in [1.165, 1.54) is 16.3 Å². The van der Waals surface area contributed by atoms with E-state index in [-0.39, 0.29) is 5.91 Å². The van der Waals surface area contributed by atoms with Crippen molar-refractivity contribution in [3.05, 3.63) is 48.0 Å². The maximum atomic E-state index is 12.0. The van der Waals surface area contributed by atoms with Crippen LogP contribution in [0.15, 0.2) is 42.5 Å². The molecule has 1 amide bonds. The van der Waals surface area contributed by atoms with Gasteiger partial charge in [0, 0.05) is 26.6 Å². The summed E-state index contributed by atoms with van der Waals surface area (Å²) in [6, 6.07) is 14.9. The Morgan fingerprint density at radius 1 is 1.19 bits per heavy atom. The van der Waals surface area contributed by atoms with E-state index in [1.807, 2.05) is 4.90 Å². The highest BCUT2D eigenvalue weighted by Crippen LogP contribution is 2.26. The molecule has 3 heteroatoms. The fourth-order valence-electron chi connectivity index (χ4n) is 3.19. The second-order valence-corrected chi connectivity index (χ2v) is 5.75. The zero-order valence-electron chi connectivity index (χ0n) is 12.4. The highest BCUT2D eigenvalue weighted by atomic mass is 16.5. The van der Waals surface area contributed by atoms with Crippen molar-refractivity contribution in [3.8, 4) is 0 Å². The molecule has 110 valence electrons. The normalized spacial score (nSPS) is 18.6. The Morgan fingerprint density at radius 2 is 2.00 bits per heavy atom. The van der Waals surface area contributed by atoms with Crippen molar-refractivity contribution in [1.82, 2.24) is 4.90 Å². The van der Waals surface area contributed by atoms with Crippen LogP contribution in [-0.2, 0) is 16.0 Å². The number of fused-ring (bicyclic) bond motifs is 1. The molecule has 0 spiro atoms. The number of amides is 1. The molecule has 2 aromatic carbocycles. The second-order valence-electron chi connectivity index (χ2n) is 5.75. The SMILES string of the molecule is COCCN1C[C@H](Cc2cccc3ccccc23)CC1=O.